The quantitative estimate of drug-likeness (QED) is 0.685. The standard InChI is InChI=1S/C19H20N4O2/c24-19(21-15-4-2-1-3-5-15)22-16-12-14-6-11-25-18(14)17(13-16)23-9-7-20-8-10-23/h1-6,11-13,20H,7-10H2,(H2,21,22,24). The average Bonchev–Trinajstić information content (AvgIpc) is 3.11. The molecule has 128 valence electrons. The maximum atomic E-state index is 12.3. The third kappa shape index (κ3) is 3.44. The molecule has 3 N–H and O–H groups in total. The Bertz CT molecular complexity index is 870. The zero-order valence-electron chi connectivity index (χ0n) is 13.8. The third-order valence-corrected chi connectivity index (χ3v) is 4.28. The van der Waals surface area contributed by atoms with E-state index in [9.17, 15) is 4.79 Å². The molecule has 2 heterocycles. The van der Waals surface area contributed by atoms with Crippen molar-refractivity contribution < 1.29 is 9.21 Å². The summed E-state index contributed by atoms with van der Waals surface area (Å²) in [5.41, 5.74) is 3.37. The lowest BCUT2D eigenvalue weighted by molar-refractivity contribution is 0.262. The number of nitrogens with one attached hydrogen (secondary N) is 3. The molecule has 2 amide bonds. The Kier molecular flexibility index (Phi) is 4.26. The van der Waals surface area contributed by atoms with Crippen molar-refractivity contribution in [3.63, 3.8) is 0 Å². The summed E-state index contributed by atoms with van der Waals surface area (Å²) in [6.07, 6.45) is 1.68. The normalized spacial score (nSPS) is 14.5. The van der Waals surface area contributed by atoms with Crippen LogP contribution in [0.25, 0.3) is 11.0 Å². The fraction of sp³-hybridized carbons (Fsp3) is 0.211. The lowest BCUT2D eigenvalue weighted by Crippen LogP contribution is -2.43. The number of rotatable bonds is 3. The molecule has 0 radical (unpaired) electrons. The molecule has 0 unspecified atom stereocenters. The van der Waals surface area contributed by atoms with E-state index in [4.69, 9.17) is 4.42 Å². The van der Waals surface area contributed by atoms with Crippen LogP contribution in [0.15, 0.2) is 59.2 Å². The Morgan fingerprint density at radius 3 is 2.56 bits per heavy atom. The van der Waals surface area contributed by atoms with Gasteiger partial charge >= 0.3 is 6.03 Å². The molecular weight excluding hydrogens is 316 g/mol. The predicted octanol–water partition coefficient (Wildman–Crippen LogP) is 3.49. The van der Waals surface area contributed by atoms with Crippen LogP contribution in [0.1, 0.15) is 0 Å². The molecule has 0 atom stereocenters. The van der Waals surface area contributed by atoms with Gasteiger partial charge in [0.25, 0.3) is 0 Å². The summed E-state index contributed by atoms with van der Waals surface area (Å²) >= 11 is 0. The highest BCUT2D eigenvalue weighted by Gasteiger charge is 2.17. The number of piperazine rings is 1. The van der Waals surface area contributed by atoms with Gasteiger partial charge in [-0.05, 0) is 30.3 Å². The number of furan rings is 1. The molecule has 6 nitrogen and oxygen atoms in total. The fourth-order valence-corrected chi connectivity index (χ4v) is 3.09. The van der Waals surface area contributed by atoms with Crippen LogP contribution in [-0.2, 0) is 0 Å². The first-order valence-corrected chi connectivity index (χ1v) is 8.39. The Morgan fingerprint density at radius 2 is 1.76 bits per heavy atom. The highest BCUT2D eigenvalue weighted by atomic mass is 16.3. The van der Waals surface area contributed by atoms with Crippen molar-refractivity contribution in [2.24, 2.45) is 0 Å². The lowest BCUT2D eigenvalue weighted by Gasteiger charge is -2.29. The zero-order valence-corrected chi connectivity index (χ0v) is 13.8. The van der Waals surface area contributed by atoms with Crippen molar-refractivity contribution in [3.8, 4) is 0 Å². The first-order valence-electron chi connectivity index (χ1n) is 8.39. The van der Waals surface area contributed by atoms with E-state index < -0.39 is 0 Å². The van der Waals surface area contributed by atoms with Crippen molar-refractivity contribution in [1.82, 2.24) is 5.32 Å². The van der Waals surface area contributed by atoms with Gasteiger partial charge in [-0.15, -0.1) is 0 Å². The van der Waals surface area contributed by atoms with Gasteiger partial charge in [-0.2, -0.15) is 0 Å². The van der Waals surface area contributed by atoms with Gasteiger partial charge in [-0.1, -0.05) is 18.2 Å². The molecule has 0 bridgehead atoms. The van der Waals surface area contributed by atoms with Crippen LogP contribution in [0.4, 0.5) is 21.9 Å². The topological polar surface area (TPSA) is 69.5 Å². The van der Waals surface area contributed by atoms with Crippen LogP contribution in [0.3, 0.4) is 0 Å². The molecule has 1 aliphatic heterocycles. The number of para-hydroxylation sites is 1. The summed E-state index contributed by atoms with van der Waals surface area (Å²) in [7, 11) is 0. The summed E-state index contributed by atoms with van der Waals surface area (Å²) in [5.74, 6) is 0. The van der Waals surface area contributed by atoms with Gasteiger partial charge in [0.15, 0.2) is 5.58 Å². The number of carbonyl (C=O) groups is 1. The molecular formula is C19H20N4O2. The van der Waals surface area contributed by atoms with Gasteiger partial charge < -0.3 is 25.3 Å². The number of hydrogen-bond acceptors (Lipinski definition) is 4. The second kappa shape index (κ2) is 6.86. The smallest absolute Gasteiger partial charge is 0.323 e. The van der Waals surface area contributed by atoms with Crippen LogP contribution < -0.4 is 20.9 Å². The predicted molar refractivity (Wildman–Crippen MR) is 100 cm³/mol. The van der Waals surface area contributed by atoms with Gasteiger partial charge in [0, 0.05) is 42.9 Å². The van der Waals surface area contributed by atoms with E-state index in [-0.39, 0.29) is 6.03 Å². The second-order valence-corrected chi connectivity index (χ2v) is 6.02. The Morgan fingerprint density at radius 1 is 1.00 bits per heavy atom. The maximum Gasteiger partial charge on any atom is 0.323 e. The van der Waals surface area contributed by atoms with Crippen LogP contribution in [0.5, 0.6) is 0 Å². The SMILES string of the molecule is O=C(Nc1ccccc1)Nc1cc(N2CCNCC2)c2occc2c1. The molecule has 3 aromatic rings. The van der Waals surface area contributed by atoms with Crippen LogP contribution in [0.2, 0.25) is 0 Å². The summed E-state index contributed by atoms with van der Waals surface area (Å²) in [5, 5.41) is 10.1. The first kappa shape index (κ1) is 15.5. The van der Waals surface area contributed by atoms with Crippen molar-refractivity contribution in [3.05, 3.63) is 54.8 Å². The molecule has 0 saturated carbocycles. The molecule has 0 spiro atoms. The van der Waals surface area contributed by atoms with Crippen molar-refractivity contribution >= 4 is 34.1 Å². The van der Waals surface area contributed by atoms with Crippen molar-refractivity contribution in [2.75, 3.05) is 41.7 Å². The van der Waals surface area contributed by atoms with Crippen LogP contribution >= 0.6 is 0 Å². The van der Waals surface area contributed by atoms with Crippen LogP contribution in [-0.4, -0.2) is 32.2 Å². The minimum Gasteiger partial charge on any atom is -0.462 e. The first-order chi connectivity index (χ1) is 12.3. The number of urea groups is 1. The molecule has 1 aromatic heterocycles. The third-order valence-electron chi connectivity index (χ3n) is 4.28. The molecule has 6 heteroatoms. The summed E-state index contributed by atoms with van der Waals surface area (Å²) in [6, 6.07) is 14.9. The van der Waals surface area contributed by atoms with Crippen molar-refractivity contribution in [2.45, 2.75) is 0 Å². The summed E-state index contributed by atoms with van der Waals surface area (Å²) < 4.78 is 5.67. The Balaban J connectivity index is 1.58. The fourth-order valence-electron chi connectivity index (χ4n) is 3.09. The molecule has 2 aromatic carbocycles. The highest BCUT2D eigenvalue weighted by Crippen LogP contribution is 2.32. The zero-order chi connectivity index (χ0) is 17.1. The van der Waals surface area contributed by atoms with E-state index in [1.54, 1.807) is 6.26 Å². The monoisotopic (exact) mass is 336 g/mol. The number of amides is 2. The van der Waals surface area contributed by atoms with E-state index in [1.165, 1.54) is 0 Å². The number of fused-ring (bicyclic) bond motifs is 1. The maximum absolute atomic E-state index is 12.3. The molecule has 4 rings (SSSR count). The number of nitrogens with zero attached hydrogens (tertiary/aromatic N) is 1. The van der Waals surface area contributed by atoms with E-state index in [1.807, 2.05) is 48.5 Å². The Labute approximate surface area is 145 Å². The van der Waals surface area contributed by atoms with E-state index >= 15 is 0 Å². The number of hydrogen-bond donors (Lipinski definition) is 3. The highest BCUT2D eigenvalue weighted by molar-refractivity contribution is 6.02. The summed E-state index contributed by atoms with van der Waals surface area (Å²) in [6.45, 7) is 3.70. The van der Waals surface area contributed by atoms with Crippen molar-refractivity contribution in [1.29, 1.82) is 0 Å². The van der Waals surface area contributed by atoms with E-state index in [0.29, 0.717) is 0 Å². The van der Waals surface area contributed by atoms with Gasteiger partial charge in [0.1, 0.15) is 0 Å². The molecule has 1 fully saturated rings. The molecule has 25 heavy (non-hydrogen) atoms. The summed E-state index contributed by atoms with van der Waals surface area (Å²) in [4.78, 5) is 14.6. The molecule has 0 aliphatic carbocycles. The van der Waals surface area contributed by atoms with E-state index in [2.05, 4.69) is 20.9 Å². The molecule has 1 aliphatic rings. The molecule has 1 saturated heterocycles. The number of carbonyl (C=O) groups excluding carboxylic acids is 1. The minimum absolute atomic E-state index is 0.264. The van der Waals surface area contributed by atoms with Crippen LogP contribution in [0, 0.1) is 0 Å². The lowest BCUT2D eigenvalue weighted by atomic mass is 10.1. The number of benzene rings is 2. The van der Waals surface area contributed by atoms with Gasteiger partial charge in [-0.3, -0.25) is 0 Å². The largest absolute Gasteiger partial charge is 0.462 e. The second-order valence-electron chi connectivity index (χ2n) is 6.02. The Hall–Kier alpha value is -2.99. The van der Waals surface area contributed by atoms with Gasteiger partial charge in [-0.25, -0.2) is 4.79 Å². The average molecular weight is 336 g/mol. The van der Waals surface area contributed by atoms with E-state index in [0.717, 1.165) is 54.2 Å². The number of anilines is 3. The van der Waals surface area contributed by atoms with Gasteiger partial charge in [0.05, 0.1) is 12.0 Å². The minimum atomic E-state index is -0.264. The van der Waals surface area contributed by atoms with Gasteiger partial charge in [0.2, 0.25) is 0 Å².